The van der Waals surface area contributed by atoms with E-state index in [1.807, 2.05) is 6.92 Å². The number of esters is 1. The Morgan fingerprint density at radius 3 is 2.42 bits per heavy atom. The van der Waals surface area contributed by atoms with Gasteiger partial charge in [-0.2, -0.15) is 4.98 Å². The second-order valence-corrected chi connectivity index (χ2v) is 10.0. The lowest BCUT2D eigenvalue weighted by Gasteiger charge is -2.37. The molecule has 3 aromatic rings. The van der Waals surface area contributed by atoms with Crippen LogP contribution in [-0.4, -0.2) is 48.2 Å². The average Bonchev–Trinajstić information content (AvgIpc) is 3.16. The Morgan fingerprint density at radius 2 is 1.73 bits per heavy atom. The summed E-state index contributed by atoms with van der Waals surface area (Å²) >= 11 is 7.60. The highest BCUT2D eigenvalue weighted by molar-refractivity contribution is 7.20. The third kappa shape index (κ3) is 4.64. The summed E-state index contributed by atoms with van der Waals surface area (Å²) in [6, 6.07) is 6.58. The van der Waals surface area contributed by atoms with Crippen LogP contribution in [0.2, 0.25) is 5.28 Å². The van der Waals surface area contributed by atoms with Crippen LogP contribution in [-0.2, 0) is 4.74 Å². The summed E-state index contributed by atoms with van der Waals surface area (Å²) in [6.45, 7) is 4.95. The molecule has 6 nitrogen and oxygen atoms in total. The monoisotopic (exact) mass is 488 g/mol. The van der Waals surface area contributed by atoms with Gasteiger partial charge in [-0.25, -0.2) is 14.2 Å². The Morgan fingerprint density at radius 1 is 1.06 bits per heavy atom. The normalized spacial score (nSPS) is 17.5. The Balaban J connectivity index is 1.38. The first-order chi connectivity index (χ1) is 16.0. The molecule has 5 rings (SSSR count). The predicted molar refractivity (Wildman–Crippen MR) is 130 cm³/mol. The summed E-state index contributed by atoms with van der Waals surface area (Å²) in [4.78, 5) is 27.6. The van der Waals surface area contributed by atoms with Crippen molar-refractivity contribution in [2.75, 3.05) is 36.0 Å². The summed E-state index contributed by atoms with van der Waals surface area (Å²) in [5.74, 6) is 0.251. The van der Waals surface area contributed by atoms with Crippen LogP contribution in [0.4, 0.5) is 15.9 Å². The molecule has 0 spiro atoms. The zero-order chi connectivity index (χ0) is 22.9. The molecule has 174 valence electrons. The summed E-state index contributed by atoms with van der Waals surface area (Å²) in [5.41, 5.74) is 1.85. The van der Waals surface area contributed by atoms with E-state index in [2.05, 4.69) is 19.8 Å². The second kappa shape index (κ2) is 9.43. The van der Waals surface area contributed by atoms with Gasteiger partial charge < -0.3 is 14.5 Å². The number of benzene rings is 1. The zero-order valence-corrected chi connectivity index (χ0v) is 20.1. The SMILES string of the molecule is Cc1c(C(=O)OC2CCCCC2)sc2nc(Cl)nc(N3CCN(c4ccc(F)cc4)CC3)c12. The van der Waals surface area contributed by atoms with Gasteiger partial charge >= 0.3 is 5.97 Å². The van der Waals surface area contributed by atoms with Gasteiger partial charge in [0, 0.05) is 31.9 Å². The summed E-state index contributed by atoms with van der Waals surface area (Å²) < 4.78 is 19.1. The lowest BCUT2D eigenvalue weighted by atomic mass is 9.98. The first-order valence-electron chi connectivity index (χ1n) is 11.4. The summed E-state index contributed by atoms with van der Waals surface area (Å²) in [7, 11) is 0. The van der Waals surface area contributed by atoms with E-state index in [0.29, 0.717) is 9.71 Å². The second-order valence-electron chi connectivity index (χ2n) is 8.67. The molecule has 2 fully saturated rings. The van der Waals surface area contributed by atoms with E-state index in [4.69, 9.17) is 16.3 Å². The topological polar surface area (TPSA) is 58.6 Å². The van der Waals surface area contributed by atoms with Crippen molar-refractivity contribution in [3.8, 4) is 0 Å². The van der Waals surface area contributed by atoms with Crippen LogP contribution in [0.5, 0.6) is 0 Å². The van der Waals surface area contributed by atoms with Crippen LogP contribution < -0.4 is 9.80 Å². The Bertz CT molecular complexity index is 1160. The molecular formula is C24H26ClFN4O2S. The number of carbonyl (C=O) groups is 1. The molecule has 1 aliphatic carbocycles. The summed E-state index contributed by atoms with van der Waals surface area (Å²) in [6.07, 6.45) is 5.30. The number of carbonyl (C=O) groups excluding carboxylic acids is 1. The first kappa shape index (κ1) is 22.3. The molecule has 0 atom stereocenters. The molecule has 33 heavy (non-hydrogen) atoms. The largest absolute Gasteiger partial charge is 0.458 e. The molecule has 1 aliphatic heterocycles. The molecule has 3 heterocycles. The molecule has 0 radical (unpaired) electrons. The molecule has 1 aromatic carbocycles. The van der Waals surface area contributed by atoms with Gasteiger partial charge in [-0.3, -0.25) is 0 Å². The predicted octanol–water partition coefficient (Wildman–Crippen LogP) is 5.61. The molecule has 9 heteroatoms. The number of ether oxygens (including phenoxy) is 1. The quantitative estimate of drug-likeness (QED) is 0.351. The number of piperazine rings is 1. The van der Waals surface area contributed by atoms with E-state index in [0.717, 1.165) is 74.3 Å². The molecule has 2 aliphatic rings. The lowest BCUT2D eigenvalue weighted by molar-refractivity contribution is 0.0216. The van der Waals surface area contributed by atoms with Gasteiger partial charge in [0.2, 0.25) is 5.28 Å². The number of thiophene rings is 1. The Hall–Kier alpha value is -2.45. The number of fused-ring (bicyclic) bond motifs is 1. The van der Waals surface area contributed by atoms with Crippen molar-refractivity contribution in [3.05, 3.63) is 45.8 Å². The van der Waals surface area contributed by atoms with Gasteiger partial charge in [0.25, 0.3) is 0 Å². The molecule has 1 saturated carbocycles. The van der Waals surface area contributed by atoms with Crippen molar-refractivity contribution in [2.24, 2.45) is 0 Å². The number of hydrogen-bond acceptors (Lipinski definition) is 7. The minimum Gasteiger partial charge on any atom is -0.458 e. The van der Waals surface area contributed by atoms with E-state index < -0.39 is 0 Å². The van der Waals surface area contributed by atoms with Gasteiger partial charge in [0.05, 0.1) is 5.39 Å². The fourth-order valence-corrected chi connectivity index (χ4v) is 6.01. The van der Waals surface area contributed by atoms with E-state index in [-0.39, 0.29) is 23.2 Å². The molecule has 1 saturated heterocycles. The molecule has 0 bridgehead atoms. The third-order valence-electron chi connectivity index (χ3n) is 6.53. The number of anilines is 2. The van der Waals surface area contributed by atoms with Crippen molar-refractivity contribution >= 4 is 50.6 Å². The minimum atomic E-state index is -0.273. The zero-order valence-electron chi connectivity index (χ0n) is 18.5. The van der Waals surface area contributed by atoms with Crippen molar-refractivity contribution < 1.29 is 13.9 Å². The fourth-order valence-electron chi connectivity index (χ4n) is 4.73. The van der Waals surface area contributed by atoms with Crippen LogP contribution in [0.1, 0.15) is 47.3 Å². The van der Waals surface area contributed by atoms with Gasteiger partial charge in [-0.15, -0.1) is 11.3 Å². The van der Waals surface area contributed by atoms with Crippen molar-refractivity contribution in [3.63, 3.8) is 0 Å². The highest BCUT2D eigenvalue weighted by atomic mass is 35.5. The van der Waals surface area contributed by atoms with Crippen LogP contribution in [0, 0.1) is 12.7 Å². The van der Waals surface area contributed by atoms with Crippen molar-refractivity contribution in [1.82, 2.24) is 9.97 Å². The maximum Gasteiger partial charge on any atom is 0.348 e. The van der Waals surface area contributed by atoms with Crippen LogP contribution >= 0.6 is 22.9 Å². The standard InChI is InChI=1S/C24H26ClFN4O2S/c1-15-19-21(30-13-11-29(12-14-30)17-9-7-16(26)8-10-17)27-24(25)28-22(19)33-20(15)23(31)32-18-5-3-2-4-6-18/h7-10,18H,2-6,11-14H2,1H3. The van der Waals surface area contributed by atoms with E-state index >= 15 is 0 Å². The lowest BCUT2D eigenvalue weighted by Crippen LogP contribution is -2.47. The van der Waals surface area contributed by atoms with Crippen molar-refractivity contribution in [1.29, 1.82) is 0 Å². The fraction of sp³-hybridized carbons (Fsp3) is 0.458. The Kier molecular flexibility index (Phi) is 6.38. The molecule has 0 amide bonds. The molecule has 2 aromatic heterocycles. The first-order valence-corrected chi connectivity index (χ1v) is 12.6. The maximum atomic E-state index is 13.3. The Labute approximate surface area is 201 Å². The van der Waals surface area contributed by atoms with Gasteiger partial charge in [-0.1, -0.05) is 6.42 Å². The van der Waals surface area contributed by atoms with E-state index in [9.17, 15) is 9.18 Å². The van der Waals surface area contributed by atoms with Crippen LogP contribution in [0.3, 0.4) is 0 Å². The van der Waals surface area contributed by atoms with E-state index in [1.165, 1.54) is 29.9 Å². The number of rotatable bonds is 4. The summed E-state index contributed by atoms with van der Waals surface area (Å²) in [5, 5.41) is 1.04. The smallest absolute Gasteiger partial charge is 0.348 e. The number of halogens is 2. The van der Waals surface area contributed by atoms with Crippen LogP contribution in [0.25, 0.3) is 10.2 Å². The average molecular weight is 489 g/mol. The molecule has 0 N–H and O–H groups in total. The highest BCUT2D eigenvalue weighted by Gasteiger charge is 2.27. The van der Waals surface area contributed by atoms with Gasteiger partial charge in [0.15, 0.2) is 0 Å². The molecule has 0 unspecified atom stereocenters. The number of aryl methyl sites for hydroxylation is 1. The number of hydrogen-bond donors (Lipinski definition) is 0. The minimum absolute atomic E-state index is 0.00421. The maximum absolute atomic E-state index is 13.3. The van der Waals surface area contributed by atoms with Gasteiger partial charge in [-0.05, 0) is 74.0 Å². The van der Waals surface area contributed by atoms with E-state index in [1.54, 1.807) is 12.1 Å². The number of aromatic nitrogens is 2. The van der Waals surface area contributed by atoms with Gasteiger partial charge in [0.1, 0.15) is 27.4 Å². The highest BCUT2D eigenvalue weighted by Crippen LogP contribution is 2.37. The van der Waals surface area contributed by atoms with Crippen molar-refractivity contribution in [2.45, 2.75) is 45.1 Å². The molecular weight excluding hydrogens is 463 g/mol. The number of nitrogens with zero attached hydrogens (tertiary/aromatic N) is 4. The van der Waals surface area contributed by atoms with Crippen LogP contribution in [0.15, 0.2) is 24.3 Å². The third-order valence-corrected chi connectivity index (χ3v) is 7.86.